The lowest BCUT2D eigenvalue weighted by Gasteiger charge is -2.41. The maximum absolute atomic E-state index is 13.3. The number of rotatable bonds is 49. The average molecular weight is 1000 g/mol. The lowest BCUT2D eigenvalue weighted by Crippen LogP contribution is -2.61. The van der Waals surface area contributed by atoms with E-state index in [0.717, 1.165) is 70.6 Å². The highest BCUT2D eigenvalue weighted by atomic mass is 16.7. The number of hydrogen-bond donors (Lipinski definition) is 6. The summed E-state index contributed by atoms with van der Waals surface area (Å²) in [7, 11) is 0. The summed E-state index contributed by atoms with van der Waals surface area (Å²) in [6, 6.07) is -1.03. The van der Waals surface area contributed by atoms with E-state index in [1.165, 1.54) is 141 Å². The molecule has 8 unspecified atom stereocenters. The zero-order valence-electron chi connectivity index (χ0n) is 45.6. The fourth-order valence-corrected chi connectivity index (χ4v) is 9.12. The monoisotopic (exact) mass is 1000 g/mol. The molecule has 1 fully saturated rings. The van der Waals surface area contributed by atoms with Crippen molar-refractivity contribution in [1.82, 2.24) is 5.32 Å². The highest BCUT2D eigenvalue weighted by Crippen LogP contribution is 2.26. The topological polar surface area (TPSA) is 175 Å². The Morgan fingerprint density at radius 3 is 1.51 bits per heavy atom. The van der Waals surface area contributed by atoms with Crippen molar-refractivity contribution in [3.63, 3.8) is 0 Å². The predicted octanol–water partition coefficient (Wildman–Crippen LogP) is 13.3. The molecule has 71 heavy (non-hydrogen) atoms. The summed E-state index contributed by atoms with van der Waals surface area (Å²) in [5, 5.41) is 56.7. The van der Waals surface area contributed by atoms with E-state index >= 15 is 0 Å². The van der Waals surface area contributed by atoms with E-state index in [4.69, 9.17) is 14.2 Å². The van der Waals surface area contributed by atoms with Gasteiger partial charge in [0.1, 0.15) is 24.4 Å². The minimum Gasteiger partial charge on any atom is -0.454 e. The highest BCUT2D eigenvalue weighted by Gasteiger charge is 2.47. The van der Waals surface area contributed by atoms with Gasteiger partial charge in [-0.3, -0.25) is 9.59 Å². The largest absolute Gasteiger partial charge is 0.454 e. The molecule has 1 saturated heterocycles. The van der Waals surface area contributed by atoms with Gasteiger partial charge in [-0.15, -0.1) is 0 Å². The fraction of sp³-hybridized carbons (Fsp3) is 0.833. The number of aliphatic hydroxyl groups excluding tert-OH is 5. The minimum atomic E-state index is -1.61. The Kier molecular flexibility index (Phi) is 45.6. The number of nitrogens with one attached hydrogen (secondary N) is 1. The number of amides is 1. The second-order valence-corrected chi connectivity index (χ2v) is 20.4. The Bertz CT molecular complexity index is 1340. The summed E-state index contributed by atoms with van der Waals surface area (Å²) in [5.41, 5.74) is 0. The van der Waals surface area contributed by atoms with Gasteiger partial charge >= 0.3 is 5.97 Å². The lowest BCUT2D eigenvalue weighted by atomic mass is 9.99. The van der Waals surface area contributed by atoms with Crippen molar-refractivity contribution in [3.05, 3.63) is 48.6 Å². The van der Waals surface area contributed by atoms with Gasteiger partial charge in [0.15, 0.2) is 12.4 Å². The first-order valence-electron chi connectivity index (χ1n) is 29.4. The van der Waals surface area contributed by atoms with E-state index in [1.54, 1.807) is 6.08 Å². The van der Waals surface area contributed by atoms with Gasteiger partial charge in [0.2, 0.25) is 5.91 Å². The Hall–Kier alpha value is -2.38. The van der Waals surface area contributed by atoms with Crippen molar-refractivity contribution < 1.29 is 49.3 Å². The van der Waals surface area contributed by atoms with Crippen molar-refractivity contribution in [2.75, 3.05) is 13.2 Å². The van der Waals surface area contributed by atoms with Crippen LogP contribution in [0.4, 0.5) is 0 Å². The minimum absolute atomic E-state index is 0.124. The van der Waals surface area contributed by atoms with Gasteiger partial charge in [0, 0.05) is 6.42 Å². The molecule has 0 radical (unpaired) electrons. The smallest absolute Gasteiger partial charge is 0.306 e. The summed E-state index contributed by atoms with van der Waals surface area (Å²) in [5.74, 6) is -1.21. The van der Waals surface area contributed by atoms with E-state index in [9.17, 15) is 35.1 Å². The van der Waals surface area contributed by atoms with Crippen LogP contribution in [-0.2, 0) is 23.8 Å². The van der Waals surface area contributed by atoms with Crippen LogP contribution in [0.2, 0.25) is 0 Å². The molecule has 0 aromatic carbocycles. The number of carbonyl (C=O) groups is 2. The van der Waals surface area contributed by atoms with Gasteiger partial charge in [-0.05, 0) is 44.9 Å². The number of allylic oxidation sites excluding steroid dienone is 7. The van der Waals surface area contributed by atoms with Crippen molar-refractivity contribution in [1.29, 1.82) is 0 Å². The van der Waals surface area contributed by atoms with Gasteiger partial charge < -0.3 is 45.1 Å². The van der Waals surface area contributed by atoms with Crippen molar-refractivity contribution in [2.24, 2.45) is 0 Å². The van der Waals surface area contributed by atoms with Crippen LogP contribution in [0.25, 0.3) is 0 Å². The number of unbranched alkanes of at least 4 members (excludes halogenated alkanes) is 31. The molecule has 0 aliphatic carbocycles. The highest BCUT2D eigenvalue weighted by molar-refractivity contribution is 5.80. The molecule has 6 N–H and O–H groups in total. The first-order chi connectivity index (χ1) is 34.7. The molecular formula is C60H109NO10. The zero-order valence-corrected chi connectivity index (χ0v) is 45.6. The van der Waals surface area contributed by atoms with Crippen LogP contribution < -0.4 is 5.32 Å². The molecule has 8 atom stereocenters. The van der Waals surface area contributed by atoms with Crippen LogP contribution in [0.5, 0.6) is 0 Å². The van der Waals surface area contributed by atoms with Gasteiger partial charge in [0.05, 0.1) is 25.4 Å². The number of hydrogen-bond acceptors (Lipinski definition) is 10. The molecule has 1 amide bonds. The van der Waals surface area contributed by atoms with E-state index in [-0.39, 0.29) is 19.4 Å². The number of esters is 1. The number of carbonyl (C=O) groups excluding carboxylic acids is 2. The molecule has 11 heteroatoms. The fourth-order valence-electron chi connectivity index (χ4n) is 9.12. The van der Waals surface area contributed by atoms with E-state index < -0.39 is 67.4 Å². The molecule has 0 saturated carbocycles. The molecule has 11 nitrogen and oxygen atoms in total. The van der Waals surface area contributed by atoms with Gasteiger partial charge in [-0.25, -0.2) is 0 Å². The molecule has 0 aromatic rings. The number of ether oxygens (including phenoxy) is 3. The summed E-state index contributed by atoms with van der Waals surface area (Å²) in [6.45, 7) is 5.63. The second kappa shape index (κ2) is 48.6. The zero-order chi connectivity index (χ0) is 51.8. The summed E-state index contributed by atoms with van der Waals surface area (Å²) < 4.78 is 17.6. The third kappa shape index (κ3) is 37.1. The summed E-state index contributed by atoms with van der Waals surface area (Å²) in [6.07, 6.45) is 47.4. The van der Waals surface area contributed by atoms with Crippen LogP contribution in [0, 0.1) is 0 Å². The third-order valence-electron chi connectivity index (χ3n) is 13.8. The van der Waals surface area contributed by atoms with Crippen LogP contribution in [0.15, 0.2) is 48.6 Å². The second-order valence-electron chi connectivity index (χ2n) is 20.4. The summed E-state index contributed by atoms with van der Waals surface area (Å²) in [4.78, 5) is 26.4. The van der Waals surface area contributed by atoms with Gasteiger partial charge in [0.25, 0.3) is 0 Å². The maximum atomic E-state index is 13.3. The predicted molar refractivity (Wildman–Crippen MR) is 292 cm³/mol. The molecule has 0 spiro atoms. The maximum Gasteiger partial charge on any atom is 0.306 e. The van der Waals surface area contributed by atoms with E-state index in [1.807, 2.05) is 30.4 Å². The molecule has 1 rings (SSSR count). The lowest BCUT2D eigenvalue weighted by molar-refractivity contribution is -0.305. The summed E-state index contributed by atoms with van der Waals surface area (Å²) >= 11 is 0. The first kappa shape index (κ1) is 66.6. The number of aliphatic hydroxyl groups is 5. The third-order valence-corrected chi connectivity index (χ3v) is 13.8. The Morgan fingerprint density at radius 1 is 0.563 bits per heavy atom. The Labute approximate surface area is 434 Å². The van der Waals surface area contributed by atoms with Crippen LogP contribution in [0.1, 0.15) is 258 Å². The molecule has 1 aliphatic rings. The van der Waals surface area contributed by atoms with Crippen molar-refractivity contribution in [3.8, 4) is 0 Å². The molecule has 414 valence electrons. The van der Waals surface area contributed by atoms with Crippen molar-refractivity contribution in [2.45, 2.75) is 307 Å². The molecular weight excluding hydrogens is 895 g/mol. The molecule has 0 bridgehead atoms. The van der Waals surface area contributed by atoms with E-state index in [0.29, 0.717) is 12.8 Å². The van der Waals surface area contributed by atoms with Crippen LogP contribution in [0.3, 0.4) is 0 Å². The normalized spacial score (nSPS) is 19.9. The quantitative estimate of drug-likeness (QED) is 0.0149. The van der Waals surface area contributed by atoms with Gasteiger partial charge in [-0.1, -0.05) is 256 Å². The standard InChI is InChI=1S/C60H109NO10/c1-4-7-10-13-16-19-22-24-25-26-27-28-29-30-33-36-39-42-45-48-55(65)71-58-57(67)56(66)54(49-62)70-60(58)69-50-51(52(63)46-43-40-37-34-31-21-18-15-12-9-6-3)61-59(68)53(64)47-44-41-38-35-32-23-20-17-14-11-8-5-2/h8,11,14,17,20,23,43,46,51-54,56-58,60,62-64,66-67H,4-7,9-10,12-13,15-16,18-19,21-22,24-42,44-45,47-50H2,1-3H3,(H,61,68)/b11-8+,17-14+,23-20-,46-43+. The molecule has 1 aliphatic heterocycles. The Balaban J connectivity index is 2.67. The van der Waals surface area contributed by atoms with Crippen molar-refractivity contribution >= 4 is 11.9 Å². The SMILES string of the molecule is CC/C=C/C=C/C=C\CCCCCCC(O)C(=O)NC(COC1OC(CO)C(O)C(O)C1OC(=O)CCCCCCCCCCCCCCCCCCCCC)C(O)/C=C/CCCCCCCCCCC. The van der Waals surface area contributed by atoms with Crippen LogP contribution >= 0.6 is 0 Å². The molecule has 1 heterocycles. The first-order valence-corrected chi connectivity index (χ1v) is 29.4. The van der Waals surface area contributed by atoms with E-state index in [2.05, 4.69) is 38.2 Å². The van der Waals surface area contributed by atoms with Gasteiger partial charge in [-0.2, -0.15) is 0 Å². The van der Waals surface area contributed by atoms with Crippen LogP contribution in [-0.4, -0.2) is 99.6 Å². The Morgan fingerprint density at radius 2 is 1.01 bits per heavy atom. The molecule has 0 aromatic heterocycles. The average Bonchev–Trinajstić information content (AvgIpc) is 3.37.